The lowest BCUT2D eigenvalue weighted by Crippen LogP contribution is -2.17. The predicted octanol–water partition coefficient (Wildman–Crippen LogP) is 1.56. The van der Waals surface area contributed by atoms with Gasteiger partial charge in [0.2, 0.25) is 0 Å². The van der Waals surface area contributed by atoms with Gasteiger partial charge in [-0.05, 0) is 12.1 Å². The van der Waals surface area contributed by atoms with Crippen molar-refractivity contribution in [3.8, 4) is 12.5 Å². The molecule has 2 aromatic rings. The van der Waals surface area contributed by atoms with Crippen molar-refractivity contribution in [2.45, 2.75) is 0 Å². The molecule has 0 atom stereocenters. The largest absolute Gasteiger partial charge is 0.281 e. The molecule has 0 saturated heterocycles. The molecule has 72 valence electrons. The van der Waals surface area contributed by atoms with Gasteiger partial charge in [0.1, 0.15) is 0 Å². The van der Waals surface area contributed by atoms with Crippen molar-refractivity contribution in [3.63, 3.8) is 0 Å². The van der Waals surface area contributed by atoms with Crippen LogP contribution in [0.25, 0.3) is 10.9 Å². The fourth-order valence-corrected chi connectivity index (χ4v) is 1.43. The minimum Gasteiger partial charge on any atom is -0.281 e. The van der Waals surface area contributed by atoms with Crippen LogP contribution in [0, 0.1) is 12.5 Å². The maximum atomic E-state index is 11.6. The molecular formula is C12H8N2O. The summed E-state index contributed by atoms with van der Waals surface area (Å²) >= 11 is 0. The molecule has 1 aromatic carbocycles. The van der Waals surface area contributed by atoms with Gasteiger partial charge in [0.25, 0.3) is 5.91 Å². The molecule has 0 unspecified atom stereocenters. The molecule has 1 heterocycles. The normalized spacial score (nSPS) is 9.53. The molecule has 2 rings (SSSR count). The van der Waals surface area contributed by atoms with Gasteiger partial charge >= 0.3 is 0 Å². The van der Waals surface area contributed by atoms with Crippen molar-refractivity contribution in [1.82, 2.24) is 10.3 Å². The lowest BCUT2D eigenvalue weighted by molar-refractivity contribution is 0.0975. The number of amides is 1. The first-order valence-corrected chi connectivity index (χ1v) is 4.42. The second kappa shape index (κ2) is 3.81. The Morgan fingerprint density at radius 2 is 2.13 bits per heavy atom. The molecule has 3 nitrogen and oxygen atoms in total. The van der Waals surface area contributed by atoms with E-state index in [4.69, 9.17) is 6.42 Å². The number of benzene rings is 1. The number of carbonyl (C=O) groups excluding carboxylic acids is 1. The van der Waals surface area contributed by atoms with Gasteiger partial charge in [-0.15, -0.1) is 0 Å². The van der Waals surface area contributed by atoms with Gasteiger partial charge in [0.05, 0.1) is 11.1 Å². The van der Waals surface area contributed by atoms with Gasteiger partial charge in [0, 0.05) is 17.6 Å². The van der Waals surface area contributed by atoms with Crippen LogP contribution in [-0.4, -0.2) is 10.9 Å². The average Bonchev–Trinajstić information content (AvgIpc) is 2.28. The Morgan fingerprint density at radius 3 is 2.93 bits per heavy atom. The number of fused-ring (bicyclic) bond motifs is 1. The van der Waals surface area contributed by atoms with E-state index in [1.54, 1.807) is 12.3 Å². The summed E-state index contributed by atoms with van der Waals surface area (Å²) < 4.78 is 0. The first-order chi connectivity index (χ1) is 7.33. The standard InChI is InChI=1S/C12H8N2O/c1-2-13-12(15)10-7-8-14-11-6-4-3-5-9(10)11/h1,3-8H,(H,13,15). The summed E-state index contributed by atoms with van der Waals surface area (Å²) in [4.78, 5) is 15.7. The van der Waals surface area contributed by atoms with Crippen LogP contribution in [0.5, 0.6) is 0 Å². The third-order valence-electron chi connectivity index (χ3n) is 2.08. The maximum absolute atomic E-state index is 11.6. The van der Waals surface area contributed by atoms with Gasteiger partial charge in [-0.1, -0.05) is 24.6 Å². The van der Waals surface area contributed by atoms with Crippen molar-refractivity contribution in [2.24, 2.45) is 0 Å². The lowest BCUT2D eigenvalue weighted by atomic mass is 10.1. The number of pyridine rings is 1. The average molecular weight is 196 g/mol. The van der Waals surface area contributed by atoms with E-state index in [1.807, 2.05) is 24.3 Å². The topological polar surface area (TPSA) is 42.0 Å². The number of hydrogen-bond donors (Lipinski definition) is 1. The summed E-state index contributed by atoms with van der Waals surface area (Å²) in [7, 11) is 0. The Hall–Kier alpha value is -2.34. The Kier molecular flexibility index (Phi) is 2.34. The number of para-hydroxylation sites is 1. The fourth-order valence-electron chi connectivity index (χ4n) is 1.43. The number of nitrogens with zero attached hydrogens (tertiary/aromatic N) is 1. The molecule has 1 aromatic heterocycles. The van der Waals surface area contributed by atoms with Crippen LogP contribution in [0.3, 0.4) is 0 Å². The molecule has 0 radical (unpaired) electrons. The van der Waals surface area contributed by atoms with Gasteiger partial charge in [-0.2, -0.15) is 0 Å². The number of nitrogens with one attached hydrogen (secondary N) is 1. The summed E-state index contributed by atoms with van der Waals surface area (Å²) in [5, 5.41) is 3.11. The molecule has 0 fully saturated rings. The minimum atomic E-state index is -0.281. The Morgan fingerprint density at radius 1 is 1.33 bits per heavy atom. The molecule has 15 heavy (non-hydrogen) atoms. The molecular weight excluding hydrogens is 188 g/mol. The van der Waals surface area contributed by atoms with Crippen LogP contribution in [-0.2, 0) is 0 Å². The first kappa shape index (κ1) is 9.22. The molecule has 1 amide bonds. The van der Waals surface area contributed by atoms with E-state index in [0.717, 1.165) is 10.9 Å². The highest BCUT2D eigenvalue weighted by atomic mass is 16.1. The molecule has 0 aliphatic rings. The van der Waals surface area contributed by atoms with E-state index in [-0.39, 0.29) is 5.91 Å². The molecule has 0 saturated carbocycles. The highest BCUT2D eigenvalue weighted by molar-refractivity contribution is 6.06. The van der Waals surface area contributed by atoms with Crippen LogP contribution in [0.4, 0.5) is 0 Å². The lowest BCUT2D eigenvalue weighted by Gasteiger charge is -2.02. The minimum absolute atomic E-state index is 0.281. The third-order valence-corrected chi connectivity index (χ3v) is 2.08. The number of aromatic nitrogens is 1. The van der Waals surface area contributed by atoms with E-state index < -0.39 is 0 Å². The summed E-state index contributed by atoms with van der Waals surface area (Å²) in [6.07, 6.45) is 6.60. The zero-order valence-electron chi connectivity index (χ0n) is 7.90. The maximum Gasteiger partial charge on any atom is 0.263 e. The van der Waals surface area contributed by atoms with Crippen molar-refractivity contribution in [2.75, 3.05) is 0 Å². The van der Waals surface area contributed by atoms with Gasteiger partial charge in [0.15, 0.2) is 0 Å². The van der Waals surface area contributed by atoms with E-state index in [1.165, 1.54) is 0 Å². The van der Waals surface area contributed by atoms with Gasteiger partial charge in [-0.25, -0.2) is 0 Å². The highest BCUT2D eigenvalue weighted by Gasteiger charge is 2.08. The van der Waals surface area contributed by atoms with E-state index >= 15 is 0 Å². The highest BCUT2D eigenvalue weighted by Crippen LogP contribution is 2.15. The number of carbonyl (C=O) groups is 1. The summed E-state index contributed by atoms with van der Waals surface area (Å²) in [5.74, 6) is -0.281. The molecule has 0 aliphatic heterocycles. The smallest absolute Gasteiger partial charge is 0.263 e. The van der Waals surface area contributed by atoms with Crippen molar-refractivity contribution >= 4 is 16.8 Å². The van der Waals surface area contributed by atoms with E-state index in [0.29, 0.717) is 5.56 Å². The predicted molar refractivity (Wildman–Crippen MR) is 58.0 cm³/mol. The molecule has 0 aliphatic carbocycles. The second-order valence-corrected chi connectivity index (χ2v) is 2.97. The van der Waals surface area contributed by atoms with Crippen LogP contribution in [0.15, 0.2) is 36.5 Å². The van der Waals surface area contributed by atoms with E-state index in [2.05, 4.69) is 16.3 Å². The Balaban J connectivity index is 2.62. The monoisotopic (exact) mass is 196 g/mol. The molecule has 0 bridgehead atoms. The SMILES string of the molecule is C#CNC(=O)c1ccnc2ccccc12. The second-order valence-electron chi connectivity index (χ2n) is 2.97. The summed E-state index contributed by atoms with van der Waals surface area (Å²) in [6, 6.07) is 11.2. The Bertz CT molecular complexity index is 550. The van der Waals surface area contributed by atoms with Crippen molar-refractivity contribution in [1.29, 1.82) is 0 Å². The molecule has 1 N–H and O–H groups in total. The first-order valence-electron chi connectivity index (χ1n) is 4.42. The van der Waals surface area contributed by atoms with Crippen LogP contribution in [0.2, 0.25) is 0 Å². The quantitative estimate of drug-likeness (QED) is 0.555. The van der Waals surface area contributed by atoms with Crippen LogP contribution >= 0.6 is 0 Å². The number of terminal acetylenes is 1. The Labute approximate surface area is 87.1 Å². The van der Waals surface area contributed by atoms with Crippen LogP contribution in [0.1, 0.15) is 10.4 Å². The zero-order chi connectivity index (χ0) is 10.7. The van der Waals surface area contributed by atoms with Gasteiger partial charge in [-0.3, -0.25) is 15.1 Å². The number of rotatable bonds is 1. The fraction of sp³-hybridized carbons (Fsp3) is 0. The van der Waals surface area contributed by atoms with Crippen molar-refractivity contribution in [3.05, 3.63) is 42.1 Å². The van der Waals surface area contributed by atoms with Crippen molar-refractivity contribution < 1.29 is 4.79 Å². The van der Waals surface area contributed by atoms with Gasteiger partial charge < -0.3 is 0 Å². The molecule has 3 heteroatoms. The number of hydrogen-bond acceptors (Lipinski definition) is 2. The van der Waals surface area contributed by atoms with Crippen LogP contribution < -0.4 is 5.32 Å². The summed E-state index contributed by atoms with van der Waals surface area (Å²) in [5.41, 5.74) is 1.32. The van der Waals surface area contributed by atoms with E-state index in [9.17, 15) is 4.79 Å². The molecule has 0 spiro atoms. The zero-order valence-corrected chi connectivity index (χ0v) is 7.90. The third kappa shape index (κ3) is 1.65. The summed E-state index contributed by atoms with van der Waals surface area (Å²) in [6.45, 7) is 0.